The number of amides is 2. The van der Waals surface area contributed by atoms with Crippen molar-refractivity contribution in [2.75, 3.05) is 27.3 Å². The van der Waals surface area contributed by atoms with Crippen LogP contribution in [0.25, 0.3) is 0 Å². The molecule has 138 valence electrons. The van der Waals surface area contributed by atoms with Crippen molar-refractivity contribution in [2.24, 2.45) is 0 Å². The Labute approximate surface area is 150 Å². The van der Waals surface area contributed by atoms with Crippen LogP contribution in [0.3, 0.4) is 0 Å². The van der Waals surface area contributed by atoms with Crippen molar-refractivity contribution >= 4 is 11.8 Å². The molecule has 26 heavy (non-hydrogen) atoms. The second-order valence-corrected chi connectivity index (χ2v) is 5.40. The summed E-state index contributed by atoms with van der Waals surface area (Å²) in [5.41, 5.74) is 0.884. The topological polar surface area (TPSA) is 110 Å². The highest BCUT2D eigenvalue weighted by Gasteiger charge is 2.09. The number of rotatable bonds is 8. The minimum absolute atomic E-state index is 0.160. The predicted octanol–water partition coefficient (Wildman–Crippen LogP) is 0.481. The lowest BCUT2D eigenvalue weighted by Crippen LogP contribution is -2.37. The summed E-state index contributed by atoms with van der Waals surface area (Å²) in [4.78, 5) is 37.1. The summed E-state index contributed by atoms with van der Waals surface area (Å²) < 4.78 is 10.5. The van der Waals surface area contributed by atoms with Crippen LogP contribution >= 0.6 is 0 Å². The summed E-state index contributed by atoms with van der Waals surface area (Å²) in [6, 6.07) is 8.09. The molecule has 2 aromatic rings. The number of benzene rings is 1. The Morgan fingerprint density at radius 1 is 1.08 bits per heavy atom. The lowest BCUT2D eigenvalue weighted by atomic mass is 10.1. The number of hydrogen-bond acceptors (Lipinski definition) is 5. The highest BCUT2D eigenvalue weighted by Crippen LogP contribution is 2.24. The van der Waals surface area contributed by atoms with E-state index < -0.39 is 5.91 Å². The molecular weight excluding hydrogens is 338 g/mol. The van der Waals surface area contributed by atoms with Crippen LogP contribution < -0.4 is 25.7 Å². The Balaban J connectivity index is 1.79. The molecule has 1 aromatic heterocycles. The maximum atomic E-state index is 11.9. The Kier molecular flexibility index (Phi) is 6.78. The minimum Gasteiger partial charge on any atom is -0.497 e. The van der Waals surface area contributed by atoms with E-state index >= 15 is 0 Å². The van der Waals surface area contributed by atoms with E-state index in [0.29, 0.717) is 24.5 Å². The van der Waals surface area contributed by atoms with Crippen LogP contribution in [0.5, 0.6) is 11.5 Å². The second-order valence-electron chi connectivity index (χ2n) is 5.40. The summed E-state index contributed by atoms with van der Waals surface area (Å²) in [6.07, 6.45) is 1.85. The van der Waals surface area contributed by atoms with E-state index in [4.69, 9.17) is 9.47 Å². The Hall–Kier alpha value is -3.29. The van der Waals surface area contributed by atoms with Crippen molar-refractivity contribution in [1.29, 1.82) is 0 Å². The molecule has 0 bridgehead atoms. The highest BCUT2D eigenvalue weighted by atomic mass is 16.5. The van der Waals surface area contributed by atoms with E-state index in [2.05, 4.69) is 15.6 Å². The van der Waals surface area contributed by atoms with E-state index in [9.17, 15) is 14.4 Å². The molecule has 0 atom stereocenters. The SMILES string of the molecule is COc1ccc(OC)c(CCNC(=O)CNC(=O)c2ccc(=O)[nH]c2)c1. The van der Waals surface area contributed by atoms with Crippen LogP contribution in [0.1, 0.15) is 15.9 Å². The van der Waals surface area contributed by atoms with Gasteiger partial charge in [0.05, 0.1) is 26.3 Å². The van der Waals surface area contributed by atoms with E-state index in [1.165, 1.54) is 18.3 Å². The quantitative estimate of drug-likeness (QED) is 0.635. The van der Waals surface area contributed by atoms with Crippen LogP contribution in [0.15, 0.2) is 41.3 Å². The average Bonchev–Trinajstić information content (AvgIpc) is 2.66. The number of ether oxygens (including phenoxy) is 2. The zero-order valence-electron chi connectivity index (χ0n) is 14.6. The molecule has 0 saturated heterocycles. The maximum absolute atomic E-state index is 11.9. The van der Waals surface area contributed by atoms with Crippen LogP contribution in [0.4, 0.5) is 0 Å². The van der Waals surface area contributed by atoms with Crippen molar-refractivity contribution in [3.63, 3.8) is 0 Å². The normalized spacial score (nSPS) is 10.1. The maximum Gasteiger partial charge on any atom is 0.253 e. The second kappa shape index (κ2) is 9.26. The molecule has 8 nitrogen and oxygen atoms in total. The Morgan fingerprint density at radius 2 is 1.88 bits per heavy atom. The number of pyridine rings is 1. The van der Waals surface area contributed by atoms with Crippen molar-refractivity contribution in [3.8, 4) is 11.5 Å². The monoisotopic (exact) mass is 359 g/mol. The van der Waals surface area contributed by atoms with Crippen molar-refractivity contribution in [3.05, 3.63) is 58.0 Å². The molecular formula is C18H21N3O5. The first-order chi connectivity index (χ1) is 12.5. The van der Waals surface area contributed by atoms with Gasteiger partial charge in [-0.05, 0) is 36.2 Å². The van der Waals surface area contributed by atoms with Crippen LogP contribution in [0, 0.1) is 0 Å². The summed E-state index contributed by atoms with van der Waals surface area (Å²) in [5, 5.41) is 5.22. The molecule has 0 fully saturated rings. The van der Waals surface area contributed by atoms with Gasteiger partial charge in [-0.1, -0.05) is 0 Å². The molecule has 0 aliphatic carbocycles. The Bertz CT molecular complexity index is 811. The molecule has 1 aromatic carbocycles. The zero-order chi connectivity index (χ0) is 18.9. The Morgan fingerprint density at radius 3 is 2.54 bits per heavy atom. The van der Waals surface area contributed by atoms with Gasteiger partial charge in [-0.2, -0.15) is 0 Å². The molecule has 0 radical (unpaired) electrons. The first kappa shape index (κ1) is 19.0. The van der Waals surface area contributed by atoms with E-state index in [1.54, 1.807) is 26.4 Å². The lowest BCUT2D eigenvalue weighted by Gasteiger charge is -2.11. The number of methoxy groups -OCH3 is 2. The predicted molar refractivity (Wildman–Crippen MR) is 95.7 cm³/mol. The van der Waals surface area contributed by atoms with Gasteiger partial charge in [-0.25, -0.2) is 0 Å². The smallest absolute Gasteiger partial charge is 0.253 e. The molecule has 2 rings (SSSR count). The van der Waals surface area contributed by atoms with Gasteiger partial charge < -0.3 is 25.1 Å². The number of carbonyl (C=O) groups is 2. The van der Waals surface area contributed by atoms with Gasteiger partial charge in [-0.3, -0.25) is 14.4 Å². The average molecular weight is 359 g/mol. The fourth-order valence-corrected chi connectivity index (χ4v) is 2.29. The van der Waals surface area contributed by atoms with Gasteiger partial charge in [0, 0.05) is 18.8 Å². The zero-order valence-corrected chi connectivity index (χ0v) is 14.6. The van der Waals surface area contributed by atoms with Crippen molar-refractivity contribution in [2.45, 2.75) is 6.42 Å². The van der Waals surface area contributed by atoms with Gasteiger partial charge in [0.2, 0.25) is 11.5 Å². The molecule has 0 aliphatic heterocycles. The number of carbonyl (C=O) groups excluding carboxylic acids is 2. The molecule has 0 saturated carbocycles. The number of aromatic amines is 1. The highest BCUT2D eigenvalue weighted by molar-refractivity contribution is 5.96. The molecule has 2 amide bonds. The third kappa shape index (κ3) is 5.37. The molecule has 8 heteroatoms. The van der Waals surface area contributed by atoms with Gasteiger partial charge in [0.1, 0.15) is 11.5 Å². The van der Waals surface area contributed by atoms with Gasteiger partial charge in [0.25, 0.3) is 5.91 Å². The minimum atomic E-state index is -0.439. The third-order valence-corrected chi connectivity index (χ3v) is 3.66. The number of hydrogen-bond donors (Lipinski definition) is 3. The largest absolute Gasteiger partial charge is 0.497 e. The number of nitrogens with one attached hydrogen (secondary N) is 3. The van der Waals surface area contributed by atoms with E-state index in [-0.39, 0.29) is 23.6 Å². The van der Waals surface area contributed by atoms with Gasteiger partial charge in [-0.15, -0.1) is 0 Å². The number of aromatic nitrogens is 1. The summed E-state index contributed by atoms with van der Waals surface area (Å²) >= 11 is 0. The fraction of sp³-hybridized carbons (Fsp3) is 0.278. The summed E-state index contributed by atoms with van der Waals surface area (Å²) in [7, 11) is 3.16. The van der Waals surface area contributed by atoms with Crippen molar-refractivity contribution in [1.82, 2.24) is 15.6 Å². The first-order valence-electron chi connectivity index (χ1n) is 7.98. The summed E-state index contributed by atoms with van der Waals surface area (Å²) in [5.74, 6) is 0.669. The fourth-order valence-electron chi connectivity index (χ4n) is 2.29. The lowest BCUT2D eigenvalue weighted by molar-refractivity contribution is -0.120. The van der Waals surface area contributed by atoms with Crippen LogP contribution in [-0.2, 0) is 11.2 Å². The molecule has 3 N–H and O–H groups in total. The van der Waals surface area contributed by atoms with Crippen LogP contribution in [-0.4, -0.2) is 44.1 Å². The standard InChI is InChI=1S/C18H21N3O5/c1-25-14-4-5-15(26-2)12(9-14)7-8-19-17(23)11-21-18(24)13-3-6-16(22)20-10-13/h3-6,9-10H,7-8,11H2,1-2H3,(H,19,23)(H,20,22)(H,21,24). The molecule has 0 aliphatic rings. The molecule has 0 unspecified atom stereocenters. The van der Waals surface area contributed by atoms with Gasteiger partial charge in [0.15, 0.2) is 0 Å². The van der Waals surface area contributed by atoms with Crippen molar-refractivity contribution < 1.29 is 19.1 Å². The summed E-state index contributed by atoms with van der Waals surface area (Å²) in [6.45, 7) is 0.226. The van der Waals surface area contributed by atoms with E-state index in [1.807, 2.05) is 6.07 Å². The van der Waals surface area contributed by atoms with Crippen LogP contribution in [0.2, 0.25) is 0 Å². The molecule has 1 heterocycles. The van der Waals surface area contributed by atoms with E-state index in [0.717, 1.165) is 5.56 Å². The first-order valence-corrected chi connectivity index (χ1v) is 7.98. The molecule has 0 spiro atoms. The third-order valence-electron chi connectivity index (χ3n) is 3.66. The van der Waals surface area contributed by atoms with Gasteiger partial charge >= 0.3 is 0 Å². The number of H-pyrrole nitrogens is 1.